The monoisotopic (exact) mass is 289 g/mol. The van der Waals surface area contributed by atoms with Crippen LogP contribution in [0.5, 0.6) is 0 Å². The van der Waals surface area contributed by atoms with E-state index in [2.05, 4.69) is 5.10 Å². The lowest BCUT2D eigenvalue weighted by atomic mass is 10.2. The number of carbonyl (C=O) groups excluding carboxylic acids is 1. The van der Waals surface area contributed by atoms with Gasteiger partial charge in [0.1, 0.15) is 0 Å². The van der Waals surface area contributed by atoms with E-state index >= 15 is 0 Å². The number of aryl methyl sites for hydroxylation is 1. The fraction of sp³-hybridized carbons (Fsp3) is 0.467. The van der Waals surface area contributed by atoms with Crippen molar-refractivity contribution in [3.8, 4) is 0 Å². The van der Waals surface area contributed by atoms with Crippen LogP contribution in [0.2, 0.25) is 0 Å². The first kappa shape index (κ1) is 14.0. The molecule has 6 heteroatoms. The standard InChI is InChI=1S/C15H19N3O3/c1-17(9-11-10-20-7-8-21-11)15(19)14-12-5-3-4-6-13(12)18(2)16-14/h3-6,11H,7-10H2,1-2H3/t11-/m0/s1. The minimum atomic E-state index is -0.0963. The molecule has 0 saturated carbocycles. The van der Waals surface area contributed by atoms with E-state index in [1.165, 1.54) is 0 Å². The molecule has 1 fully saturated rings. The van der Waals surface area contributed by atoms with E-state index in [4.69, 9.17) is 9.47 Å². The van der Waals surface area contributed by atoms with Crippen LogP contribution in [0.3, 0.4) is 0 Å². The van der Waals surface area contributed by atoms with Gasteiger partial charge >= 0.3 is 0 Å². The number of carbonyl (C=O) groups is 1. The molecule has 1 aliphatic heterocycles. The van der Waals surface area contributed by atoms with E-state index in [0.29, 0.717) is 32.1 Å². The van der Waals surface area contributed by atoms with E-state index in [0.717, 1.165) is 10.9 Å². The fourth-order valence-electron chi connectivity index (χ4n) is 2.58. The smallest absolute Gasteiger partial charge is 0.274 e. The minimum absolute atomic E-state index is 0.0670. The lowest BCUT2D eigenvalue weighted by molar-refractivity contribution is -0.0933. The van der Waals surface area contributed by atoms with E-state index in [-0.39, 0.29) is 12.0 Å². The largest absolute Gasteiger partial charge is 0.376 e. The van der Waals surface area contributed by atoms with Gasteiger partial charge in [0.2, 0.25) is 0 Å². The maximum atomic E-state index is 12.6. The number of likely N-dealkylation sites (N-methyl/N-ethyl adjacent to an activating group) is 1. The molecule has 0 bridgehead atoms. The van der Waals surface area contributed by atoms with Crippen LogP contribution in [0, 0.1) is 0 Å². The summed E-state index contributed by atoms with van der Waals surface area (Å²) in [6, 6.07) is 7.73. The molecule has 21 heavy (non-hydrogen) atoms. The summed E-state index contributed by atoms with van der Waals surface area (Å²) in [5, 5.41) is 5.23. The molecule has 1 aromatic heterocycles. The van der Waals surface area contributed by atoms with Crippen LogP contribution in [0.4, 0.5) is 0 Å². The van der Waals surface area contributed by atoms with Crippen molar-refractivity contribution in [3.05, 3.63) is 30.0 Å². The van der Waals surface area contributed by atoms with Gasteiger partial charge in [0.05, 0.1) is 31.4 Å². The van der Waals surface area contributed by atoms with Crippen molar-refractivity contribution < 1.29 is 14.3 Å². The third-order valence-electron chi connectivity index (χ3n) is 3.67. The van der Waals surface area contributed by atoms with Crippen molar-refractivity contribution in [2.75, 3.05) is 33.4 Å². The SMILES string of the molecule is CN(C[C@H]1COCCO1)C(=O)c1nn(C)c2ccccc12. The van der Waals surface area contributed by atoms with Gasteiger partial charge in [0.15, 0.2) is 5.69 Å². The van der Waals surface area contributed by atoms with Crippen LogP contribution < -0.4 is 0 Å². The van der Waals surface area contributed by atoms with Gasteiger partial charge in [0.25, 0.3) is 5.91 Å². The van der Waals surface area contributed by atoms with Crippen LogP contribution in [0.1, 0.15) is 10.5 Å². The Hall–Kier alpha value is -1.92. The highest BCUT2D eigenvalue weighted by Crippen LogP contribution is 2.19. The zero-order chi connectivity index (χ0) is 14.8. The number of amides is 1. The molecule has 1 aromatic carbocycles. The van der Waals surface area contributed by atoms with Crippen LogP contribution in [0.15, 0.2) is 24.3 Å². The second kappa shape index (κ2) is 5.83. The number of aromatic nitrogens is 2. The van der Waals surface area contributed by atoms with Gasteiger partial charge in [0, 0.05) is 26.0 Å². The molecule has 2 heterocycles. The number of ether oxygens (including phenoxy) is 2. The number of nitrogens with zero attached hydrogens (tertiary/aromatic N) is 3. The van der Waals surface area contributed by atoms with Crippen molar-refractivity contribution >= 4 is 16.8 Å². The molecule has 0 radical (unpaired) electrons. The van der Waals surface area contributed by atoms with Crippen LogP contribution in [-0.4, -0.2) is 60.1 Å². The summed E-state index contributed by atoms with van der Waals surface area (Å²) < 4.78 is 12.7. The van der Waals surface area contributed by atoms with Gasteiger partial charge in [-0.05, 0) is 6.07 Å². The average Bonchev–Trinajstić information content (AvgIpc) is 2.85. The Morgan fingerprint density at radius 2 is 2.24 bits per heavy atom. The number of fused-ring (bicyclic) bond motifs is 1. The molecule has 2 aromatic rings. The van der Waals surface area contributed by atoms with Crippen LogP contribution in [-0.2, 0) is 16.5 Å². The predicted octanol–water partition coefficient (Wildman–Crippen LogP) is 1.06. The van der Waals surface area contributed by atoms with Gasteiger partial charge in [-0.15, -0.1) is 0 Å². The first-order valence-electron chi connectivity index (χ1n) is 7.03. The second-order valence-electron chi connectivity index (χ2n) is 5.24. The van der Waals surface area contributed by atoms with Crippen LogP contribution in [0.25, 0.3) is 10.9 Å². The third-order valence-corrected chi connectivity index (χ3v) is 3.67. The number of hydrogen-bond acceptors (Lipinski definition) is 4. The highest BCUT2D eigenvalue weighted by Gasteiger charge is 2.23. The molecule has 1 atom stereocenters. The average molecular weight is 289 g/mol. The number of benzene rings is 1. The molecular weight excluding hydrogens is 270 g/mol. The Kier molecular flexibility index (Phi) is 3.90. The molecule has 0 unspecified atom stereocenters. The van der Waals surface area contributed by atoms with Gasteiger partial charge in [-0.2, -0.15) is 5.10 Å². The van der Waals surface area contributed by atoms with Crippen molar-refractivity contribution in [2.24, 2.45) is 7.05 Å². The zero-order valence-electron chi connectivity index (χ0n) is 12.3. The lowest BCUT2D eigenvalue weighted by Crippen LogP contribution is -2.41. The van der Waals surface area contributed by atoms with E-state index < -0.39 is 0 Å². The normalized spacial score (nSPS) is 18.9. The molecule has 0 N–H and O–H groups in total. The first-order chi connectivity index (χ1) is 10.2. The van der Waals surface area contributed by atoms with E-state index in [1.54, 1.807) is 16.6 Å². The molecule has 0 aliphatic carbocycles. The molecular formula is C15H19N3O3. The number of rotatable bonds is 3. The minimum Gasteiger partial charge on any atom is -0.376 e. The first-order valence-corrected chi connectivity index (χ1v) is 7.03. The van der Waals surface area contributed by atoms with Crippen molar-refractivity contribution in [1.29, 1.82) is 0 Å². The molecule has 3 rings (SSSR count). The Bertz CT molecular complexity index is 647. The summed E-state index contributed by atoms with van der Waals surface area (Å²) in [6.45, 7) is 2.24. The quantitative estimate of drug-likeness (QED) is 0.848. The topological polar surface area (TPSA) is 56.6 Å². The molecule has 1 aliphatic rings. The zero-order valence-corrected chi connectivity index (χ0v) is 12.3. The Balaban J connectivity index is 1.79. The fourth-order valence-corrected chi connectivity index (χ4v) is 2.58. The number of hydrogen-bond donors (Lipinski definition) is 0. The van der Waals surface area contributed by atoms with Gasteiger partial charge in [-0.3, -0.25) is 9.48 Å². The summed E-state index contributed by atoms with van der Waals surface area (Å²) in [4.78, 5) is 14.2. The number of para-hydroxylation sites is 1. The second-order valence-corrected chi connectivity index (χ2v) is 5.24. The summed E-state index contributed by atoms with van der Waals surface area (Å²) in [6.07, 6.45) is -0.0670. The summed E-state index contributed by atoms with van der Waals surface area (Å²) >= 11 is 0. The molecule has 6 nitrogen and oxygen atoms in total. The maximum absolute atomic E-state index is 12.6. The van der Waals surface area contributed by atoms with Gasteiger partial charge in [-0.1, -0.05) is 18.2 Å². The highest BCUT2D eigenvalue weighted by atomic mass is 16.6. The Morgan fingerprint density at radius 1 is 1.43 bits per heavy atom. The maximum Gasteiger partial charge on any atom is 0.274 e. The molecule has 1 saturated heterocycles. The van der Waals surface area contributed by atoms with E-state index in [1.807, 2.05) is 31.3 Å². The van der Waals surface area contributed by atoms with Crippen molar-refractivity contribution in [3.63, 3.8) is 0 Å². The molecule has 112 valence electrons. The summed E-state index contributed by atoms with van der Waals surface area (Å²) in [5.41, 5.74) is 1.43. The lowest BCUT2D eigenvalue weighted by Gasteiger charge is -2.27. The summed E-state index contributed by atoms with van der Waals surface area (Å²) in [7, 11) is 3.61. The van der Waals surface area contributed by atoms with Gasteiger partial charge < -0.3 is 14.4 Å². The predicted molar refractivity (Wildman–Crippen MR) is 78.2 cm³/mol. The van der Waals surface area contributed by atoms with Crippen molar-refractivity contribution in [2.45, 2.75) is 6.10 Å². The third kappa shape index (κ3) is 2.77. The Morgan fingerprint density at radius 3 is 3.00 bits per heavy atom. The molecule has 0 spiro atoms. The molecule has 1 amide bonds. The van der Waals surface area contributed by atoms with Crippen molar-refractivity contribution in [1.82, 2.24) is 14.7 Å². The van der Waals surface area contributed by atoms with Gasteiger partial charge in [-0.25, -0.2) is 0 Å². The highest BCUT2D eigenvalue weighted by molar-refractivity contribution is 6.04. The van der Waals surface area contributed by atoms with E-state index in [9.17, 15) is 4.79 Å². The summed E-state index contributed by atoms with van der Waals surface area (Å²) in [5.74, 6) is -0.0963. The Labute approximate surface area is 123 Å². The van der Waals surface area contributed by atoms with Crippen LogP contribution >= 0.6 is 0 Å².